The lowest BCUT2D eigenvalue weighted by atomic mass is 9.70. The molecule has 146 valence electrons. The monoisotopic (exact) mass is 366 g/mol. The number of aliphatic carboxylic acids is 1. The molecule has 0 aromatic rings. The number of carboxylic acid groups (broad SMARTS) is 1. The number of esters is 2. The van der Waals surface area contributed by atoms with Crippen LogP contribution in [0.1, 0.15) is 40.0 Å². The molecule has 0 aromatic heterocycles. The number of carboxylic acids is 1. The van der Waals surface area contributed by atoms with E-state index in [1.807, 2.05) is 0 Å². The Hall–Kier alpha value is -2.37. The quantitative estimate of drug-likeness (QED) is 0.605. The summed E-state index contributed by atoms with van der Waals surface area (Å²) in [4.78, 5) is 30.3. The van der Waals surface area contributed by atoms with E-state index in [2.05, 4.69) is 45.2 Å². The summed E-state index contributed by atoms with van der Waals surface area (Å²) in [5.74, 6) is -0.935. The summed E-state index contributed by atoms with van der Waals surface area (Å²) in [5, 5.41) is 7.60. The normalized spacial score (nSPS) is 26.8. The molecular formula is C20H30O6. The average molecular weight is 366 g/mol. The van der Waals surface area contributed by atoms with Gasteiger partial charge < -0.3 is 14.6 Å². The fraction of sp³-hybridized carbons (Fsp3) is 0.550. The average Bonchev–Trinajstić information content (AvgIpc) is 2.95. The zero-order valence-electron chi connectivity index (χ0n) is 16.1. The van der Waals surface area contributed by atoms with Crippen molar-refractivity contribution in [2.24, 2.45) is 16.7 Å². The van der Waals surface area contributed by atoms with Gasteiger partial charge in [0.05, 0.1) is 7.11 Å². The Morgan fingerprint density at radius 3 is 1.77 bits per heavy atom. The van der Waals surface area contributed by atoms with E-state index >= 15 is 0 Å². The number of ether oxygens (including phenoxy) is 2. The molecule has 0 saturated heterocycles. The fourth-order valence-electron chi connectivity index (χ4n) is 3.58. The minimum Gasteiger partial charge on any atom is -0.478 e. The lowest BCUT2D eigenvalue weighted by molar-refractivity contribution is -0.150. The molecule has 3 atom stereocenters. The molecule has 6 nitrogen and oxygen atoms in total. The van der Waals surface area contributed by atoms with E-state index in [0.29, 0.717) is 11.3 Å². The van der Waals surface area contributed by atoms with E-state index in [1.165, 1.54) is 26.0 Å². The Bertz CT molecular complexity index is 563. The molecule has 1 N–H and O–H groups in total. The van der Waals surface area contributed by atoms with Crippen LogP contribution in [0, 0.1) is 16.7 Å². The topological polar surface area (TPSA) is 89.9 Å². The molecule has 0 radical (unpaired) electrons. The number of carbonyl (C=O) groups excluding carboxylic acids is 2. The molecule has 2 bridgehead atoms. The van der Waals surface area contributed by atoms with Crippen molar-refractivity contribution in [1.29, 1.82) is 0 Å². The third-order valence-electron chi connectivity index (χ3n) is 5.68. The van der Waals surface area contributed by atoms with Gasteiger partial charge in [-0.1, -0.05) is 40.5 Å². The maximum Gasteiger partial charge on any atom is 0.330 e. The smallest absolute Gasteiger partial charge is 0.330 e. The summed E-state index contributed by atoms with van der Waals surface area (Å²) in [6.07, 6.45) is 6.80. The minimum absolute atomic E-state index is 0.0942. The molecule has 2 aliphatic rings. The Morgan fingerprint density at radius 2 is 1.54 bits per heavy atom. The minimum atomic E-state index is -0.981. The number of hydrogen-bond donors (Lipinski definition) is 1. The van der Waals surface area contributed by atoms with E-state index in [9.17, 15) is 14.4 Å². The summed E-state index contributed by atoms with van der Waals surface area (Å²) in [7, 11) is 1.31. The Labute approximate surface area is 155 Å². The number of hydrogen-bond acceptors (Lipinski definition) is 5. The lowest BCUT2D eigenvalue weighted by Gasteiger charge is -2.38. The lowest BCUT2D eigenvalue weighted by Crippen LogP contribution is -2.38. The van der Waals surface area contributed by atoms with Gasteiger partial charge in [-0.25, -0.2) is 14.4 Å². The Kier molecular flexibility index (Phi) is 9.04. The van der Waals surface area contributed by atoms with Crippen molar-refractivity contribution in [3.8, 4) is 0 Å². The van der Waals surface area contributed by atoms with Gasteiger partial charge in [0.15, 0.2) is 0 Å². The van der Waals surface area contributed by atoms with Gasteiger partial charge in [0, 0.05) is 23.6 Å². The van der Waals surface area contributed by atoms with Crippen LogP contribution in [0.2, 0.25) is 0 Å². The molecule has 0 amide bonds. The standard InChI is InChI=1S/C13H20O2.C4H6O2.C3H4O2/c1-5-11(14)15-10-8-9-6-7-13(10,4)12(9,2)3;1-3-4(5)6-2;1-2-3(4)5/h5,9-10H,1,6-8H2,2-4H3;3H,1H2,2H3;2H,1H2,(H,4,5). The van der Waals surface area contributed by atoms with Crippen LogP contribution in [0.25, 0.3) is 0 Å². The van der Waals surface area contributed by atoms with Crippen LogP contribution in [0.4, 0.5) is 0 Å². The van der Waals surface area contributed by atoms with Crippen molar-refractivity contribution < 1.29 is 29.0 Å². The van der Waals surface area contributed by atoms with Crippen LogP contribution in [-0.4, -0.2) is 36.2 Å². The van der Waals surface area contributed by atoms with E-state index in [0.717, 1.165) is 18.6 Å². The molecule has 0 aliphatic heterocycles. The first kappa shape index (κ1) is 23.6. The van der Waals surface area contributed by atoms with Gasteiger partial charge in [0.2, 0.25) is 0 Å². The molecule has 6 heteroatoms. The highest BCUT2D eigenvalue weighted by molar-refractivity contribution is 5.81. The summed E-state index contributed by atoms with van der Waals surface area (Å²) in [6.45, 7) is 16.5. The van der Waals surface area contributed by atoms with Gasteiger partial charge in [-0.05, 0) is 30.6 Å². The van der Waals surface area contributed by atoms with Crippen molar-refractivity contribution in [2.75, 3.05) is 7.11 Å². The number of methoxy groups -OCH3 is 1. The summed E-state index contributed by atoms with van der Waals surface area (Å²) in [5.41, 5.74) is 0.468. The van der Waals surface area contributed by atoms with E-state index in [1.54, 1.807) is 0 Å². The molecule has 2 saturated carbocycles. The number of rotatable bonds is 4. The molecule has 2 aliphatic carbocycles. The van der Waals surface area contributed by atoms with Gasteiger partial charge >= 0.3 is 17.9 Å². The van der Waals surface area contributed by atoms with Crippen molar-refractivity contribution >= 4 is 17.9 Å². The summed E-state index contributed by atoms with van der Waals surface area (Å²) >= 11 is 0. The zero-order chi connectivity index (χ0) is 20.5. The van der Waals surface area contributed by atoms with Crippen molar-refractivity contribution in [1.82, 2.24) is 0 Å². The predicted molar refractivity (Wildman–Crippen MR) is 99.4 cm³/mol. The van der Waals surface area contributed by atoms with Crippen LogP contribution in [0.15, 0.2) is 38.0 Å². The maximum atomic E-state index is 11.3. The molecule has 0 aromatic carbocycles. The van der Waals surface area contributed by atoms with Crippen LogP contribution in [-0.2, 0) is 23.9 Å². The van der Waals surface area contributed by atoms with Gasteiger partial charge in [-0.3, -0.25) is 0 Å². The second-order valence-corrected chi connectivity index (χ2v) is 7.01. The van der Waals surface area contributed by atoms with E-state index < -0.39 is 11.9 Å². The zero-order valence-corrected chi connectivity index (χ0v) is 16.1. The molecule has 0 spiro atoms. The summed E-state index contributed by atoms with van der Waals surface area (Å²) in [6, 6.07) is 0. The van der Waals surface area contributed by atoms with Crippen LogP contribution < -0.4 is 0 Å². The molecule has 2 fully saturated rings. The van der Waals surface area contributed by atoms with Gasteiger partial charge in [-0.15, -0.1) is 0 Å². The summed E-state index contributed by atoms with van der Waals surface area (Å²) < 4.78 is 9.62. The van der Waals surface area contributed by atoms with Crippen molar-refractivity contribution in [2.45, 2.75) is 46.1 Å². The van der Waals surface area contributed by atoms with Crippen LogP contribution in [0.5, 0.6) is 0 Å². The van der Waals surface area contributed by atoms with Gasteiger partial charge in [-0.2, -0.15) is 0 Å². The Morgan fingerprint density at radius 1 is 1.04 bits per heavy atom. The van der Waals surface area contributed by atoms with Crippen LogP contribution >= 0.6 is 0 Å². The molecule has 2 rings (SSSR count). The first-order valence-corrected chi connectivity index (χ1v) is 8.38. The highest BCUT2D eigenvalue weighted by Gasteiger charge is 2.62. The highest BCUT2D eigenvalue weighted by atomic mass is 16.5. The van der Waals surface area contributed by atoms with Crippen LogP contribution in [0.3, 0.4) is 0 Å². The van der Waals surface area contributed by atoms with E-state index in [4.69, 9.17) is 9.84 Å². The molecule has 0 heterocycles. The van der Waals surface area contributed by atoms with E-state index in [-0.39, 0.29) is 17.5 Å². The van der Waals surface area contributed by atoms with Gasteiger partial charge in [0.1, 0.15) is 6.10 Å². The van der Waals surface area contributed by atoms with Crippen molar-refractivity contribution in [3.05, 3.63) is 38.0 Å². The second kappa shape index (κ2) is 9.94. The number of fused-ring (bicyclic) bond motifs is 2. The first-order chi connectivity index (χ1) is 12.0. The molecule has 3 unspecified atom stereocenters. The number of carbonyl (C=O) groups is 3. The van der Waals surface area contributed by atoms with Crippen molar-refractivity contribution in [3.63, 3.8) is 0 Å². The van der Waals surface area contributed by atoms with Gasteiger partial charge in [0.25, 0.3) is 0 Å². The Balaban J connectivity index is 0.000000474. The fourth-order valence-corrected chi connectivity index (χ4v) is 3.58. The third kappa shape index (κ3) is 5.58. The second-order valence-electron chi connectivity index (χ2n) is 7.01. The highest BCUT2D eigenvalue weighted by Crippen LogP contribution is 2.66. The first-order valence-electron chi connectivity index (χ1n) is 8.38. The third-order valence-corrected chi connectivity index (χ3v) is 5.68. The molecular weight excluding hydrogens is 336 g/mol. The molecule has 26 heavy (non-hydrogen) atoms. The maximum absolute atomic E-state index is 11.3. The largest absolute Gasteiger partial charge is 0.478 e. The SMILES string of the molecule is C=CC(=O)O.C=CC(=O)OC.C=CC(=O)OC1CC2CCC1(C)C2(C)C. The predicted octanol–water partition coefficient (Wildman–Crippen LogP) is 3.53.